The van der Waals surface area contributed by atoms with Crippen LogP contribution in [0.15, 0.2) is 0 Å². The van der Waals surface area contributed by atoms with E-state index in [1.165, 1.54) is 56.5 Å². The first-order valence-electron chi connectivity index (χ1n) is 8.28. The molecule has 3 rings (SSSR count). The molecule has 1 aliphatic carbocycles. The van der Waals surface area contributed by atoms with E-state index in [1.54, 1.807) is 0 Å². The lowest BCUT2D eigenvalue weighted by Gasteiger charge is -2.43. The molecule has 3 fully saturated rings. The molecule has 0 bridgehead atoms. The van der Waals surface area contributed by atoms with Gasteiger partial charge in [-0.15, -0.1) is 0 Å². The van der Waals surface area contributed by atoms with Crippen molar-refractivity contribution in [3.63, 3.8) is 0 Å². The highest BCUT2D eigenvalue weighted by Crippen LogP contribution is 2.43. The quantitative estimate of drug-likeness (QED) is 0.854. The van der Waals surface area contributed by atoms with Crippen molar-refractivity contribution in [1.29, 1.82) is 0 Å². The van der Waals surface area contributed by atoms with Gasteiger partial charge in [-0.2, -0.15) is 11.8 Å². The van der Waals surface area contributed by atoms with Crippen molar-refractivity contribution in [3.05, 3.63) is 0 Å². The third-order valence-electron chi connectivity index (χ3n) is 5.45. The Hall–Kier alpha value is 0.270. The Morgan fingerprint density at radius 1 is 1.26 bits per heavy atom. The Kier molecular flexibility index (Phi) is 4.76. The van der Waals surface area contributed by atoms with Gasteiger partial charge in [0.25, 0.3) is 0 Å². The fraction of sp³-hybridized carbons (Fsp3) is 1.00. The second kappa shape index (κ2) is 6.36. The second-order valence-electron chi connectivity index (χ2n) is 6.71. The second-order valence-corrected chi connectivity index (χ2v) is 7.82. The van der Waals surface area contributed by atoms with Crippen molar-refractivity contribution in [2.24, 2.45) is 11.8 Å². The van der Waals surface area contributed by atoms with Crippen LogP contribution in [0.3, 0.4) is 0 Å². The first kappa shape index (κ1) is 14.2. The van der Waals surface area contributed by atoms with E-state index in [0.29, 0.717) is 0 Å². The van der Waals surface area contributed by atoms with Gasteiger partial charge in [0.1, 0.15) is 0 Å². The molecule has 0 amide bonds. The zero-order valence-electron chi connectivity index (χ0n) is 12.3. The van der Waals surface area contributed by atoms with E-state index < -0.39 is 0 Å². The molecule has 2 nitrogen and oxygen atoms in total. The maximum atomic E-state index is 6.20. The Labute approximate surface area is 122 Å². The molecule has 2 saturated heterocycles. The summed E-state index contributed by atoms with van der Waals surface area (Å²) in [6.45, 7) is 4.39. The monoisotopic (exact) mass is 283 g/mol. The van der Waals surface area contributed by atoms with E-state index in [0.717, 1.165) is 31.0 Å². The molecule has 3 unspecified atom stereocenters. The summed E-state index contributed by atoms with van der Waals surface area (Å²) in [5.74, 6) is 4.35. The first-order chi connectivity index (χ1) is 9.33. The summed E-state index contributed by atoms with van der Waals surface area (Å²) in [6, 6.07) is 0.763. The number of rotatable bonds is 4. The Morgan fingerprint density at radius 2 is 2.11 bits per heavy atom. The predicted molar refractivity (Wildman–Crippen MR) is 82.8 cm³/mol. The molecule has 110 valence electrons. The van der Waals surface area contributed by atoms with Crippen molar-refractivity contribution < 1.29 is 4.74 Å². The molecule has 3 atom stereocenters. The Morgan fingerprint density at radius 3 is 2.79 bits per heavy atom. The van der Waals surface area contributed by atoms with E-state index in [9.17, 15) is 0 Å². The van der Waals surface area contributed by atoms with Crippen LogP contribution >= 0.6 is 11.8 Å². The van der Waals surface area contributed by atoms with E-state index in [4.69, 9.17) is 4.74 Å². The van der Waals surface area contributed by atoms with Gasteiger partial charge in [-0.3, -0.25) is 0 Å². The van der Waals surface area contributed by atoms with Gasteiger partial charge in [-0.25, -0.2) is 0 Å². The first-order valence-corrected chi connectivity index (χ1v) is 9.43. The molecule has 0 aromatic carbocycles. The summed E-state index contributed by atoms with van der Waals surface area (Å²) in [5, 5.41) is 3.84. The summed E-state index contributed by atoms with van der Waals surface area (Å²) >= 11 is 2.09. The number of thioether (sulfide) groups is 1. The molecule has 3 heteroatoms. The molecule has 2 aliphatic heterocycles. The average Bonchev–Trinajstić information content (AvgIpc) is 3.08. The highest BCUT2D eigenvalue weighted by atomic mass is 32.2. The van der Waals surface area contributed by atoms with Crippen LogP contribution in [0.25, 0.3) is 0 Å². The molecule has 1 N–H and O–H groups in total. The SMILES string of the molecule is CCNC(C1CCCC1)C1CCOC2(CCSC2)C1. The number of hydrogen-bond acceptors (Lipinski definition) is 3. The van der Waals surface area contributed by atoms with Crippen LogP contribution in [0.1, 0.15) is 51.9 Å². The zero-order valence-corrected chi connectivity index (χ0v) is 13.1. The Balaban J connectivity index is 1.66. The maximum absolute atomic E-state index is 6.20. The van der Waals surface area contributed by atoms with E-state index in [-0.39, 0.29) is 5.60 Å². The van der Waals surface area contributed by atoms with Gasteiger partial charge in [-0.05, 0) is 56.2 Å². The summed E-state index contributed by atoms with van der Waals surface area (Å²) in [6.07, 6.45) is 9.70. The Bertz CT molecular complexity index is 284. The number of nitrogens with one attached hydrogen (secondary N) is 1. The maximum Gasteiger partial charge on any atom is 0.0783 e. The highest BCUT2D eigenvalue weighted by molar-refractivity contribution is 7.99. The van der Waals surface area contributed by atoms with Crippen molar-refractivity contribution >= 4 is 11.8 Å². The largest absolute Gasteiger partial charge is 0.374 e. The van der Waals surface area contributed by atoms with Crippen molar-refractivity contribution in [3.8, 4) is 0 Å². The van der Waals surface area contributed by atoms with Crippen LogP contribution < -0.4 is 5.32 Å². The molecule has 0 radical (unpaired) electrons. The molecule has 3 aliphatic rings. The fourth-order valence-corrected chi connectivity index (χ4v) is 5.88. The smallest absolute Gasteiger partial charge is 0.0783 e. The minimum absolute atomic E-state index is 0.250. The van der Waals surface area contributed by atoms with Gasteiger partial charge in [0.15, 0.2) is 0 Å². The topological polar surface area (TPSA) is 21.3 Å². The summed E-state index contributed by atoms with van der Waals surface area (Å²) < 4.78 is 6.20. The summed E-state index contributed by atoms with van der Waals surface area (Å²) in [4.78, 5) is 0. The lowest BCUT2D eigenvalue weighted by atomic mass is 9.76. The summed E-state index contributed by atoms with van der Waals surface area (Å²) in [7, 11) is 0. The van der Waals surface area contributed by atoms with Crippen LogP contribution in [-0.2, 0) is 4.74 Å². The third-order valence-corrected chi connectivity index (χ3v) is 6.68. The molecular weight excluding hydrogens is 254 g/mol. The normalized spacial score (nSPS) is 38.1. The van der Waals surface area contributed by atoms with Crippen molar-refractivity contribution in [2.75, 3.05) is 24.7 Å². The molecule has 0 aromatic heterocycles. The minimum atomic E-state index is 0.250. The number of ether oxygens (including phenoxy) is 1. The van der Waals surface area contributed by atoms with Gasteiger partial charge < -0.3 is 10.1 Å². The summed E-state index contributed by atoms with van der Waals surface area (Å²) in [5.41, 5.74) is 0.250. The molecule has 19 heavy (non-hydrogen) atoms. The zero-order chi connectivity index (χ0) is 13.1. The lowest BCUT2D eigenvalue weighted by molar-refractivity contribution is -0.0881. The molecule has 1 saturated carbocycles. The standard InChI is InChI=1S/C16H29NOS/c1-2-17-15(13-5-3-4-6-13)14-7-9-18-16(11-14)8-10-19-12-16/h13-15,17H,2-12H2,1H3. The number of hydrogen-bond donors (Lipinski definition) is 1. The fourth-order valence-electron chi connectivity index (χ4n) is 4.51. The van der Waals surface area contributed by atoms with Gasteiger partial charge in [-0.1, -0.05) is 19.8 Å². The van der Waals surface area contributed by atoms with E-state index in [1.807, 2.05) is 0 Å². The van der Waals surface area contributed by atoms with E-state index >= 15 is 0 Å². The van der Waals surface area contributed by atoms with Gasteiger partial charge >= 0.3 is 0 Å². The molecule has 2 heterocycles. The van der Waals surface area contributed by atoms with Crippen molar-refractivity contribution in [2.45, 2.75) is 63.5 Å². The third kappa shape index (κ3) is 3.14. The lowest BCUT2D eigenvalue weighted by Crippen LogP contribution is -2.49. The van der Waals surface area contributed by atoms with E-state index in [2.05, 4.69) is 24.0 Å². The molecule has 0 aromatic rings. The van der Waals surface area contributed by atoms with Gasteiger partial charge in [0.05, 0.1) is 5.60 Å². The molecule has 1 spiro atoms. The van der Waals surface area contributed by atoms with Gasteiger partial charge in [0.2, 0.25) is 0 Å². The van der Waals surface area contributed by atoms with Crippen molar-refractivity contribution in [1.82, 2.24) is 5.32 Å². The highest BCUT2D eigenvalue weighted by Gasteiger charge is 2.43. The predicted octanol–water partition coefficient (Wildman–Crippen LogP) is 3.46. The van der Waals surface area contributed by atoms with Crippen LogP contribution in [0.2, 0.25) is 0 Å². The van der Waals surface area contributed by atoms with Crippen LogP contribution in [-0.4, -0.2) is 36.3 Å². The van der Waals surface area contributed by atoms with Crippen LogP contribution in [0.5, 0.6) is 0 Å². The average molecular weight is 283 g/mol. The van der Waals surface area contributed by atoms with Gasteiger partial charge in [0, 0.05) is 18.4 Å². The molecular formula is C16H29NOS. The minimum Gasteiger partial charge on any atom is -0.374 e. The van der Waals surface area contributed by atoms with Crippen LogP contribution in [0.4, 0.5) is 0 Å². The van der Waals surface area contributed by atoms with Crippen LogP contribution in [0, 0.1) is 11.8 Å².